The van der Waals surface area contributed by atoms with Gasteiger partial charge >= 0.3 is 18.0 Å². The van der Waals surface area contributed by atoms with Crippen LogP contribution in [0.3, 0.4) is 0 Å². The molecule has 3 amide bonds. The van der Waals surface area contributed by atoms with Gasteiger partial charge in [-0.25, -0.2) is 15.0 Å². The van der Waals surface area contributed by atoms with Crippen molar-refractivity contribution >= 4 is 23.9 Å². The molecule has 1 atom stereocenters. The second kappa shape index (κ2) is 8.42. The summed E-state index contributed by atoms with van der Waals surface area (Å²) in [4.78, 5) is 45.3. The average molecular weight is 397 g/mol. The molecule has 0 fully saturated rings. The smallest absolute Gasteiger partial charge is 0.426 e. The van der Waals surface area contributed by atoms with Crippen molar-refractivity contribution in [1.82, 2.24) is 16.2 Å². The van der Waals surface area contributed by atoms with Gasteiger partial charge in [-0.05, 0) is 29.2 Å². The van der Waals surface area contributed by atoms with Crippen LogP contribution in [0.1, 0.15) is 24.0 Å². The zero-order valence-electron chi connectivity index (χ0n) is 15.5. The van der Waals surface area contributed by atoms with E-state index in [1.807, 2.05) is 53.8 Å². The maximum atomic E-state index is 12.0. The Bertz CT molecular complexity index is 929. The Labute approximate surface area is 166 Å². The standard InChI is InChI=1S/C20H19N3O6/c1-11(21-18(25)19(26)27)17(24)22-23-20(28)29-10-16-14-8-4-2-6-12(14)13-7-3-5-9-15(13)16/h2-9,11,16H,10H2,1H3,(H,21,25)(H,22,24)(H,23,28)(H,26,27)/t11-/m1/s1. The first-order chi connectivity index (χ1) is 13.9. The van der Waals surface area contributed by atoms with Crippen molar-refractivity contribution in [2.75, 3.05) is 6.61 Å². The highest BCUT2D eigenvalue weighted by Crippen LogP contribution is 2.44. The molecule has 0 saturated carbocycles. The summed E-state index contributed by atoms with van der Waals surface area (Å²) in [5, 5.41) is 10.5. The number of carbonyl (C=O) groups excluding carboxylic acids is 3. The third kappa shape index (κ3) is 4.34. The van der Waals surface area contributed by atoms with Gasteiger partial charge in [0.2, 0.25) is 0 Å². The predicted octanol–water partition coefficient (Wildman–Crippen LogP) is 1.15. The number of ether oxygens (including phenoxy) is 1. The van der Waals surface area contributed by atoms with E-state index < -0.39 is 29.9 Å². The average Bonchev–Trinajstić information content (AvgIpc) is 3.04. The highest BCUT2D eigenvalue weighted by molar-refractivity contribution is 6.32. The molecule has 0 aromatic heterocycles. The summed E-state index contributed by atoms with van der Waals surface area (Å²) in [6.45, 7) is 1.34. The van der Waals surface area contributed by atoms with E-state index in [1.54, 1.807) is 0 Å². The van der Waals surface area contributed by atoms with Crippen LogP contribution in [0.15, 0.2) is 48.5 Å². The number of carboxylic acid groups (broad SMARTS) is 1. The zero-order chi connectivity index (χ0) is 21.0. The molecule has 9 heteroatoms. The van der Waals surface area contributed by atoms with E-state index in [1.165, 1.54) is 6.92 Å². The molecule has 4 N–H and O–H groups in total. The summed E-state index contributed by atoms with van der Waals surface area (Å²) >= 11 is 0. The highest BCUT2D eigenvalue weighted by Gasteiger charge is 2.29. The summed E-state index contributed by atoms with van der Waals surface area (Å²) in [7, 11) is 0. The molecule has 9 nitrogen and oxygen atoms in total. The fourth-order valence-electron chi connectivity index (χ4n) is 3.18. The van der Waals surface area contributed by atoms with Crippen molar-refractivity contribution in [2.24, 2.45) is 0 Å². The Kier molecular flexibility index (Phi) is 5.77. The zero-order valence-corrected chi connectivity index (χ0v) is 15.5. The molecule has 0 unspecified atom stereocenters. The maximum Gasteiger partial charge on any atom is 0.426 e. The Balaban J connectivity index is 1.54. The van der Waals surface area contributed by atoms with E-state index in [0.717, 1.165) is 22.3 Å². The highest BCUT2D eigenvalue weighted by atomic mass is 16.6. The number of fused-ring (bicyclic) bond motifs is 3. The van der Waals surface area contributed by atoms with Crippen molar-refractivity contribution < 1.29 is 29.0 Å². The van der Waals surface area contributed by atoms with Crippen LogP contribution in [0.4, 0.5) is 4.79 Å². The molecule has 0 bridgehead atoms. The molecule has 0 saturated heterocycles. The Morgan fingerprint density at radius 3 is 2.07 bits per heavy atom. The lowest BCUT2D eigenvalue weighted by molar-refractivity contribution is -0.150. The second-order valence-electron chi connectivity index (χ2n) is 6.44. The van der Waals surface area contributed by atoms with E-state index in [4.69, 9.17) is 9.84 Å². The molecule has 1 aliphatic rings. The molecule has 0 spiro atoms. The van der Waals surface area contributed by atoms with E-state index in [9.17, 15) is 19.2 Å². The lowest BCUT2D eigenvalue weighted by atomic mass is 9.98. The molecule has 2 aromatic carbocycles. The Morgan fingerprint density at radius 1 is 0.966 bits per heavy atom. The van der Waals surface area contributed by atoms with Crippen LogP contribution in [-0.2, 0) is 19.1 Å². The number of rotatable bonds is 4. The number of hydrogen-bond acceptors (Lipinski definition) is 5. The lowest BCUT2D eigenvalue weighted by Gasteiger charge is -2.16. The number of aliphatic carboxylic acids is 1. The monoisotopic (exact) mass is 397 g/mol. The molecule has 1 aliphatic carbocycles. The third-order valence-corrected chi connectivity index (χ3v) is 4.57. The second-order valence-corrected chi connectivity index (χ2v) is 6.44. The van der Waals surface area contributed by atoms with Crippen LogP contribution >= 0.6 is 0 Å². The summed E-state index contributed by atoms with van der Waals surface area (Å²) in [5.74, 6) is -3.96. The van der Waals surface area contributed by atoms with Gasteiger partial charge in [-0.15, -0.1) is 0 Å². The van der Waals surface area contributed by atoms with Crippen LogP contribution in [0, 0.1) is 0 Å². The maximum absolute atomic E-state index is 12.0. The number of carbonyl (C=O) groups is 4. The predicted molar refractivity (Wildman–Crippen MR) is 102 cm³/mol. The van der Waals surface area contributed by atoms with Gasteiger partial charge in [0.25, 0.3) is 5.91 Å². The topological polar surface area (TPSA) is 134 Å². The number of hydrazine groups is 1. The molecule has 0 radical (unpaired) electrons. The van der Waals surface area contributed by atoms with Crippen molar-refractivity contribution in [3.8, 4) is 11.1 Å². The minimum Gasteiger partial charge on any atom is -0.474 e. The fourth-order valence-corrected chi connectivity index (χ4v) is 3.18. The van der Waals surface area contributed by atoms with E-state index in [2.05, 4.69) is 10.9 Å². The first kappa shape index (κ1) is 19.9. The SMILES string of the molecule is C[C@@H](NC(=O)C(=O)O)C(=O)NNC(=O)OCC1c2ccccc2-c2ccccc21. The van der Waals surface area contributed by atoms with Gasteiger partial charge in [-0.1, -0.05) is 48.5 Å². The molecule has 150 valence electrons. The minimum atomic E-state index is -1.71. The van der Waals surface area contributed by atoms with Gasteiger partial charge in [0.05, 0.1) is 0 Å². The molecular weight excluding hydrogens is 378 g/mol. The van der Waals surface area contributed by atoms with Gasteiger partial charge in [0, 0.05) is 5.92 Å². The number of nitrogens with one attached hydrogen (secondary N) is 3. The normalized spacial score (nSPS) is 12.9. The first-order valence-electron chi connectivity index (χ1n) is 8.83. The summed E-state index contributed by atoms with van der Waals surface area (Å²) < 4.78 is 5.24. The van der Waals surface area contributed by atoms with Gasteiger partial charge in [0.1, 0.15) is 12.6 Å². The van der Waals surface area contributed by atoms with Gasteiger partial charge in [-0.3, -0.25) is 15.0 Å². The van der Waals surface area contributed by atoms with Gasteiger partial charge < -0.3 is 15.2 Å². The van der Waals surface area contributed by atoms with Crippen molar-refractivity contribution in [2.45, 2.75) is 18.9 Å². The summed E-state index contributed by atoms with van der Waals surface area (Å²) in [6, 6.07) is 14.6. The van der Waals surface area contributed by atoms with Crippen molar-refractivity contribution in [1.29, 1.82) is 0 Å². The van der Waals surface area contributed by atoms with Crippen LogP contribution < -0.4 is 16.2 Å². The third-order valence-electron chi connectivity index (χ3n) is 4.57. The molecular formula is C20H19N3O6. The van der Waals surface area contributed by atoms with E-state index in [-0.39, 0.29) is 12.5 Å². The summed E-state index contributed by atoms with van der Waals surface area (Å²) in [5.41, 5.74) is 8.43. The molecule has 29 heavy (non-hydrogen) atoms. The van der Waals surface area contributed by atoms with Crippen molar-refractivity contribution in [3.05, 3.63) is 59.7 Å². The van der Waals surface area contributed by atoms with E-state index in [0.29, 0.717) is 0 Å². The van der Waals surface area contributed by atoms with E-state index >= 15 is 0 Å². The quantitative estimate of drug-likeness (QED) is 0.452. The minimum absolute atomic E-state index is 0.0705. The Hall–Kier alpha value is -3.88. The Morgan fingerprint density at radius 2 is 1.52 bits per heavy atom. The van der Waals surface area contributed by atoms with Crippen LogP contribution in [0.5, 0.6) is 0 Å². The van der Waals surface area contributed by atoms with Gasteiger partial charge in [0.15, 0.2) is 0 Å². The fraction of sp³-hybridized carbons (Fsp3) is 0.200. The molecule has 2 aromatic rings. The molecule has 3 rings (SSSR count). The van der Waals surface area contributed by atoms with Crippen LogP contribution in [0.25, 0.3) is 11.1 Å². The van der Waals surface area contributed by atoms with Crippen LogP contribution in [-0.4, -0.2) is 41.6 Å². The largest absolute Gasteiger partial charge is 0.474 e. The van der Waals surface area contributed by atoms with Gasteiger partial charge in [-0.2, -0.15) is 0 Å². The number of benzene rings is 2. The number of hydrogen-bond donors (Lipinski definition) is 4. The number of carboxylic acids is 1. The lowest BCUT2D eigenvalue weighted by Crippen LogP contribution is -2.52. The first-order valence-corrected chi connectivity index (χ1v) is 8.83. The van der Waals surface area contributed by atoms with Crippen molar-refractivity contribution in [3.63, 3.8) is 0 Å². The van der Waals surface area contributed by atoms with Crippen LogP contribution in [0.2, 0.25) is 0 Å². The summed E-state index contributed by atoms with van der Waals surface area (Å²) in [6.07, 6.45) is -0.878. The number of amides is 3. The molecule has 0 aliphatic heterocycles. The molecule has 0 heterocycles.